The number of likely N-dealkylation sites (tertiary alicyclic amines) is 1. The molecule has 1 atom stereocenters. The first-order valence-corrected chi connectivity index (χ1v) is 9.61. The van der Waals surface area contributed by atoms with Crippen LogP contribution in [0.4, 0.5) is 0 Å². The van der Waals surface area contributed by atoms with Gasteiger partial charge in [0.25, 0.3) is 0 Å². The third-order valence-corrected chi connectivity index (χ3v) is 6.00. The van der Waals surface area contributed by atoms with Gasteiger partial charge in [-0.3, -0.25) is 9.59 Å². The molecule has 0 N–H and O–H groups in total. The summed E-state index contributed by atoms with van der Waals surface area (Å²) in [5, 5.41) is 0. The summed E-state index contributed by atoms with van der Waals surface area (Å²) >= 11 is 0. The Labute approximate surface area is 150 Å². The minimum atomic E-state index is -0.724. The van der Waals surface area contributed by atoms with Gasteiger partial charge < -0.3 is 9.64 Å². The minimum Gasteiger partial charge on any atom is -0.468 e. The largest absolute Gasteiger partial charge is 0.468 e. The number of hydrogen-bond acceptors (Lipinski definition) is 3. The highest BCUT2D eigenvalue weighted by atomic mass is 16.5. The number of hydrogen-bond donors (Lipinski definition) is 0. The van der Waals surface area contributed by atoms with E-state index in [9.17, 15) is 9.59 Å². The maximum Gasteiger partial charge on any atom is 0.319 e. The molecule has 1 heterocycles. The average molecular weight is 343 g/mol. The summed E-state index contributed by atoms with van der Waals surface area (Å²) < 4.78 is 5.14. The number of amides is 1. The molecular weight excluding hydrogens is 314 g/mol. The van der Waals surface area contributed by atoms with E-state index < -0.39 is 11.3 Å². The van der Waals surface area contributed by atoms with Crippen LogP contribution in [-0.2, 0) is 19.7 Å². The van der Waals surface area contributed by atoms with Crippen molar-refractivity contribution in [3.8, 4) is 0 Å². The molecule has 0 aromatic heterocycles. The van der Waals surface area contributed by atoms with Crippen LogP contribution in [0.1, 0.15) is 56.9 Å². The second kappa shape index (κ2) is 8.03. The fourth-order valence-corrected chi connectivity index (χ4v) is 4.67. The van der Waals surface area contributed by atoms with Crippen LogP contribution in [-0.4, -0.2) is 37.0 Å². The van der Waals surface area contributed by atoms with Crippen LogP contribution in [0.25, 0.3) is 0 Å². The maximum absolute atomic E-state index is 13.4. The molecule has 0 radical (unpaired) electrons. The highest BCUT2D eigenvalue weighted by Crippen LogP contribution is 2.46. The summed E-state index contributed by atoms with van der Waals surface area (Å²) in [4.78, 5) is 28.1. The Bertz CT molecular complexity index is 586. The molecule has 3 rings (SSSR count). The van der Waals surface area contributed by atoms with Crippen LogP contribution in [0.3, 0.4) is 0 Å². The van der Waals surface area contributed by atoms with Gasteiger partial charge in [0, 0.05) is 18.5 Å². The van der Waals surface area contributed by atoms with Gasteiger partial charge in [0.15, 0.2) is 0 Å². The zero-order valence-corrected chi connectivity index (χ0v) is 15.2. The monoisotopic (exact) mass is 343 g/mol. The molecule has 1 saturated heterocycles. The third-order valence-electron chi connectivity index (χ3n) is 6.00. The van der Waals surface area contributed by atoms with Gasteiger partial charge in [0.2, 0.25) is 5.91 Å². The lowest BCUT2D eigenvalue weighted by atomic mass is 9.61. The number of piperidine rings is 1. The summed E-state index contributed by atoms with van der Waals surface area (Å²) in [6.45, 7) is 1.52. The van der Waals surface area contributed by atoms with Crippen molar-refractivity contribution in [2.24, 2.45) is 5.92 Å². The van der Waals surface area contributed by atoms with Crippen LogP contribution in [0.15, 0.2) is 30.3 Å². The second-order valence-electron chi connectivity index (χ2n) is 7.42. The molecule has 1 aromatic rings. The summed E-state index contributed by atoms with van der Waals surface area (Å²) in [7, 11) is 1.40. The molecule has 4 heteroatoms. The normalized spacial score (nSPS) is 21.4. The molecule has 4 nitrogen and oxygen atoms in total. The number of benzene rings is 1. The van der Waals surface area contributed by atoms with Crippen LogP contribution in [0.2, 0.25) is 0 Å². The molecule has 136 valence electrons. The van der Waals surface area contributed by atoms with Gasteiger partial charge in [0.1, 0.15) is 5.92 Å². The van der Waals surface area contributed by atoms with Gasteiger partial charge in [-0.05, 0) is 37.7 Å². The first kappa shape index (κ1) is 18.0. The lowest BCUT2D eigenvalue weighted by Crippen LogP contribution is -2.52. The number of nitrogens with zero attached hydrogens (tertiary/aromatic N) is 1. The van der Waals surface area contributed by atoms with Crippen molar-refractivity contribution in [1.82, 2.24) is 4.90 Å². The van der Waals surface area contributed by atoms with E-state index in [1.165, 1.54) is 13.5 Å². The van der Waals surface area contributed by atoms with Crippen molar-refractivity contribution in [1.29, 1.82) is 0 Å². The Balaban J connectivity index is 2.01. The number of methoxy groups -OCH3 is 1. The van der Waals surface area contributed by atoms with Crippen molar-refractivity contribution in [2.45, 2.75) is 56.8 Å². The Kier molecular flexibility index (Phi) is 5.77. The summed E-state index contributed by atoms with van der Waals surface area (Å²) in [5.74, 6) is -1.13. The first-order chi connectivity index (χ1) is 12.2. The fraction of sp³-hybridized carbons (Fsp3) is 0.619. The highest BCUT2D eigenvalue weighted by Gasteiger charge is 2.50. The fourth-order valence-electron chi connectivity index (χ4n) is 4.67. The standard InChI is InChI=1S/C21H29NO3/c1-25-20(24)18(19(23)22-15-9-4-10-16-22)21(13-7-3-8-14-21)17-11-5-2-6-12-17/h2,5-6,11-12,18H,3-4,7-10,13-16H2,1H3. The quantitative estimate of drug-likeness (QED) is 0.619. The Hall–Kier alpha value is -1.84. The molecule has 2 aliphatic rings. The van der Waals surface area contributed by atoms with Crippen molar-refractivity contribution >= 4 is 11.9 Å². The van der Waals surface area contributed by atoms with Crippen molar-refractivity contribution in [3.63, 3.8) is 0 Å². The molecule has 25 heavy (non-hydrogen) atoms. The van der Waals surface area contributed by atoms with Crippen LogP contribution >= 0.6 is 0 Å². The zero-order valence-electron chi connectivity index (χ0n) is 15.2. The van der Waals surface area contributed by atoms with E-state index in [1.54, 1.807) is 0 Å². The van der Waals surface area contributed by atoms with Crippen LogP contribution in [0.5, 0.6) is 0 Å². The lowest BCUT2D eigenvalue weighted by Gasteiger charge is -2.44. The number of carbonyl (C=O) groups is 2. The van der Waals surface area contributed by atoms with Crippen molar-refractivity contribution in [3.05, 3.63) is 35.9 Å². The third kappa shape index (κ3) is 3.58. The van der Waals surface area contributed by atoms with E-state index in [-0.39, 0.29) is 11.9 Å². The second-order valence-corrected chi connectivity index (χ2v) is 7.42. The predicted octanol–water partition coefficient (Wildman–Crippen LogP) is 3.69. The summed E-state index contributed by atoms with van der Waals surface area (Å²) in [6.07, 6.45) is 8.23. The first-order valence-electron chi connectivity index (χ1n) is 9.61. The number of esters is 1. The van der Waals surface area contributed by atoms with E-state index in [4.69, 9.17) is 4.74 Å². The van der Waals surface area contributed by atoms with Gasteiger partial charge in [0.05, 0.1) is 7.11 Å². The topological polar surface area (TPSA) is 46.6 Å². The Morgan fingerprint density at radius 1 is 0.960 bits per heavy atom. The van der Waals surface area contributed by atoms with E-state index in [2.05, 4.69) is 12.1 Å². The van der Waals surface area contributed by atoms with E-state index in [1.807, 2.05) is 23.1 Å². The molecular formula is C21H29NO3. The van der Waals surface area contributed by atoms with Gasteiger partial charge in [-0.25, -0.2) is 0 Å². The smallest absolute Gasteiger partial charge is 0.319 e. The minimum absolute atomic E-state index is 0.0303. The van der Waals surface area contributed by atoms with Crippen LogP contribution in [0, 0.1) is 5.92 Å². The molecule has 0 spiro atoms. The van der Waals surface area contributed by atoms with Crippen LogP contribution < -0.4 is 0 Å². The van der Waals surface area contributed by atoms with E-state index in [0.717, 1.165) is 63.6 Å². The number of carbonyl (C=O) groups excluding carboxylic acids is 2. The van der Waals surface area contributed by atoms with E-state index in [0.29, 0.717) is 0 Å². The maximum atomic E-state index is 13.4. The van der Waals surface area contributed by atoms with Crippen molar-refractivity contribution < 1.29 is 14.3 Å². The molecule has 1 saturated carbocycles. The molecule has 1 amide bonds. The Morgan fingerprint density at radius 2 is 1.56 bits per heavy atom. The molecule has 1 unspecified atom stereocenters. The van der Waals surface area contributed by atoms with Crippen molar-refractivity contribution in [2.75, 3.05) is 20.2 Å². The molecule has 1 aliphatic heterocycles. The van der Waals surface area contributed by atoms with Gasteiger partial charge >= 0.3 is 5.97 Å². The van der Waals surface area contributed by atoms with Gasteiger partial charge in [-0.2, -0.15) is 0 Å². The summed E-state index contributed by atoms with van der Waals surface area (Å²) in [5.41, 5.74) is 0.677. The van der Waals surface area contributed by atoms with Gasteiger partial charge in [-0.1, -0.05) is 49.6 Å². The number of rotatable bonds is 4. The van der Waals surface area contributed by atoms with E-state index >= 15 is 0 Å². The predicted molar refractivity (Wildman–Crippen MR) is 97.1 cm³/mol. The molecule has 0 bridgehead atoms. The Morgan fingerprint density at radius 3 is 2.16 bits per heavy atom. The van der Waals surface area contributed by atoms with Gasteiger partial charge in [-0.15, -0.1) is 0 Å². The SMILES string of the molecule is COC(=O)C(C(=O)N1CCCCC1)C1(c2ccccc2)CCCCC1. The highest BCUT2D eigenvalue weighted by molar-refractivity contribution is 5.99. The molecule has 1 aromatic carbocycles. The molecule has 2 fully saturated rings. The number of ether oxygens (including phenoxy) is 1. The average Bonchev–Trinajstić information content (AvgIpc) is 2.70. The molecule has 1 aliphatic carbocycles. The zero-order chi connectivity index (χ0) is 17.7. The summed E-state index contributed by atoms with van der Waals surface area (Å²) in [6, 6.07) is 10.1. The lowest BCUT2D eigenvalue weighted by molar-refractivity contribution is -0.158.